The first-order valence-corrected chi connectivity index (χ1v) is 5.08. The van der Waals surface area contributed by atoms with Gasteiger partial charge in [-0.25, -0.2) is 4.98 Å². The summed E-state index contributed by atoms with van der Waals surface area (Å²) in [5.41, 5.74) is 1.22. The molecule has 2 rings (SSSR count). The number of hydrogen-bond donors (Lipinski definition) is 1. The van der Waals surface area contributed by atoms with Crippen molar-refractivity contribution in [3.63, 3.8) is 0 Å². The molecule has 1 aromatic heterocycles. The summed E-state index contributed by atoms with van der Waals surface area (Å²) in [7, 11) is 2.13. The van der Waals surface area contributed by atoms with E-state index in [-0.39, 0.29) is 0 Å². The Balaban J connectivity index is 2.05. The Morgan fingerprint density at radius 1 is 1.62 bits per heavy atom. The van der Waals surface area contributed by atoms with E-state index in [1.54, 1.807) is 0 Å². The van der Waals surface area contributed by atoms with E-state index in [4.69, 9.17) is 0 Å². The van der Waals surface area contributed by atoms with Gasteiger partial charge in [-0.1, -0.05) is 6.92 Å². The first-order chi connectivity index (χ1) is 6.31. The van der Waals surface area contributed by atoms with Crippen LogP contribution in [0.3, 0.4) is 0 Å². The van der Waals surface area contributed by atoms with Gasteiger partial charge in [0.2, 0.25) is 5.95 Å². The third-order valence-corrected chi connectivity index (χ3v) is 2.95. The molecule has 72 valence electrons. The molecule has 0 aromatic carbocycles. The molecule has 0 unspecified atom stereocenters. The summed E-state index contributed by atoms with van der Waals surface area (Å²) >= 11 is 0. The maximum atomic E-state index is 4.36. The quantitative estimate of drug-likeness (QED) is 0.769. The van der Waals surface area contributed by atoms with E-state index in [2.05, 4.69) is 28.8 Å². The lowest BCUT2D eigenvalue weighted by molar-refractivity contribution is 0.397. The monoisotopic (exact) mass is 179 g/mol. The van der Waals surface area contributed by atoms with E-state index in [1.807, 2.05) is 6.20 Å². The van der Waals surface area contributed by atoms with Gasteiger partial charge >= 0.3 is 0 Å². The van der Waals surface area contributed by atoms with Gasteiger partial charge in [0.15, 0.2) is 0 Å². The normalized spacial score (nSPS) is 17.1. The molecule has 1 saturated carbocycles. The van der Waals surface area contributed by atoms with Crippen LogP contribution in [-0.4, -0.2) is 23.1 Å². The largest absolute Gasteiger partial charge is 0.343 e. The highest BCUT2D eigenvalue weighted by molar-refractivity contribution is 5.32. The first kappa shape index (κ1) is 8.60. The van der Waals surface area contributed by atoms with E-state index in [0.717, 1.165) is 18.4 Å². The lowest BCUT2D eigenvalue weighted by Crippen LogP contribution is -2.37. The number of aromatic amines is 1. The molecule has 1 aliphatic carbocycles. The van der Waals surface area contributed by atoms with Gasteiger partial charge in [-0.2, -0.15) is 0 Å². The van der Waals surface area contributed by atoms with Crippen molar-refractivity contribution < 1.29 is 0 Å². The van der Waals surface area contributed by atoms with Crippen LogP contribution < -0.4 is 4.90 Å². The van der Waals surface area contributed by atoms with Crippen molar-refractivity contribution in [1.82, 2.24) is 9.97 Å². The SMILES string of the molecule is CCc1cnc(N(C)C2CCC2)[nH]1. The van der Waals surface area contributed by atoms with Crippen LogP contribution in [0.4, 0.5) is 5.95 Å². The molecule has 0 amide bonds. The molecule has 3 nitrogen and oxygen atoms in total. The fourth-order valence-electron chi connectivity index (χ4n) is 1.65. The summed E-state index contributed by atoms with van der Waals surface area (Å²) in [6, 6.07) is 0.718. The van der Waals surface area contributed by atoms with Crippen molar-refractivity contribution >= 4 is 5.95 Å². The van der Waals surface area contributed by atoms with Crippen molar-refractivity contribution in [2.75, 3.05) is 11.9 Å². The lowest BCUT2D eigenvalue weighted by Gasteiger charge is -2.34. The highest BCUT2D eigenvalue weighted by Gasteiger charge is 2.23. The van der Waals surface area contributed by atoms with Gasteiger partial charge < -0.3 is 9.88 Å². The average Bonchev–Trinajstić information content (AvgIpc) is 2.48. The van der Waals surface area contributed by atoms with Gasteiger partial charge in [-0.3, -0.25) is 0 Å². The standard InChI is InChI=1S/C10H17N3/c1-3-8-7-11-10(12-8)13(2)9-5-4-6-9/h7,9H,3-6H2,1-2H3,(H,11,12). The minimum atomic E-state index is 0.718. The highest BCUT2D eigenvalue weighted by atomic mass is 15.3. The summed E-state index contributed by atoms with van der Waals surface area (Å²) in [6.45, 7) is 2.14. The van der Waals surface area contributed by atoms with Gasteiger partial charge in [-0.05, 0) is 25.7 Å². The average molecular weight is 179 g/mol. The predicted molar refractivity (Wildman–Crippen MR) is 54.0 cm³/mol. The zero-order valence-corrected chi connectivity index (χ0v) is 8.38. The van der Waals surface area contributed by atoms with Gasteiger partial charge in [-0.15, -0.1) is 0 Å². The van der Waals surface area contributed by atoms with Crippen molar-refractivity contribution in [2.24, 2.45) is 0 Å². The lowest BCUT2D eigenvalue weighted by atomic mass is 9.92. The summed E-state index contributed by atoms with van der Waals surface area (Å²) in [5.74, 6) is 1.03. The second-order valence-corrected chi connectivity index (χ2v) is 3.78. The summed E-state index contributed by atoms with van der Waals surface area (Å²) in [6.07, 6.45) is 6.98. The third kappa shape index (κ3) is 1.55. The van der Waals surface area contributed by atoms with Crippen molar-refractivity contribution in [2.45, 2.75) is 38.6 Å². The topological polar surface area (TPSA) is 31.9 Å². The predicted octanol–water partition coefficient (Wildman–Crippen LogP) is 1.96. The zero-order chi connectivity index (χ0) is 9.26. The second-order valence-electron chi connectivity index (χ2n) is 3.78. The summed E-state index contributed by atoms with van der Waals surface area (Å²) < 4.78 is 0. The molecule has 1 fully saturated rings. The Morgan fingerprint density at radius 3 is 2.85 bits per heavy atom. The van der Waals surface area contributed by atoms with E-state index < -0.39 is 0 Å². The van der Waals surface area contributed by atoms with Crippen LogP contribution in [0.2, 0.25) is 0 Å². The Morgan fingerprint density at radius 2 is 2.38 bits per heavy atom. The molecule has 0 bridgehead atoms. The molecule has 1 aliphatic rings. The van der Waals surface area contributed by atoms with Gasteiger partial charge in [0.25, 0.3) is 0 Å². The molecular formula is C10H17N3. The maximum absolute atomic E-state index is 4.36. The number of aryl methyl sites for hydroxylation is 1. The second kappa shape index (κ2) is 3.40. The van der Waals surface area contributed by atoms with E-state index in [1.165, 1.54) is 25.0 Å². The molecule has 1 heterocycles. The van der Waals surface area contributed by atoms with Crippen LogP contribution in [-0.2, 0) is 6.42 Å². The number of nitrogens with zero attached hydrogens (tertiary/aromatic N) is 2. The Labute approximate surface area is 79.2 Å². The Hall–Kier alpha value is -0.990. The van der Waals surface area contributed by atoms with Crippen LogP contribution in [0, 0.1) is 0 Å². The minimum absolute atomic E-state index is 0.718. The van der Waals surface area contributed by atoms with E-state index in [0.29, 0.717) is 0 Å². The maximum Gasteiger partial charge on any atom is 0.202 e. The number of anilines is 1. The molecule has 0 spiro atoms. The molecule has 13 heavy (non-hydrogen) atoms. The summed E-state index contributed by atoms with van der Waals surface area (Å²) in [4.78, 5) is 9.95. The molecule has 0 atom stereocenters. The van der Waals surface area contributed by atoms with Crippen LogP contribution in [0.5, 0.6) is 0 Å². The van der Waals surface area contributed by atoms with Gasteiger partial charge in [0, 0.05) is 18.8 Å². The molecule has 1 aromatic rings. The van der Waals surface area contributed by atoms with Crippen LogP contribution in [0.15, 0.2) is 6.20 Å². The fraction of sp³-hybridized carbons (Fsp3) is 0.700. The Bertz CT molecular complexity index is 275. The van der Waals surface area contributed by atoms with Gasteiger partial charge in [0.05, 0.1) is 6.20 Å². The fourth-order valence-corrected chi connectivity index (χ4v) is 1.65. The number of aromatic nitrogens is 2. The highest BCUT2D eigenvalue weighted by Crippen LogP contribution is 2.26. The Kier molecular flexibility index (Phi) is 2.25. The van der Waals surface area contributed by atoms with Crippen LogP contribution in [0.1, 0.15) is 31.9 Å². The number of hydrogen-bond acceptors (Lipinski definition) is 2. The number of nitrogens with one attached hydrogen (secondary N) is 1. The smallest absolute Gasteiger partial charge is 0.202 e. The van der Waals surface area contributed by atoms with Crippen molar-refractivity contribution in [3.05, 3.63) is 11.9 Å². The van der Waals surface area contributed by atoms with Crippen LogP contribution in [0.25, 0.3) is 0 Å². The van der Waals surface area contributed by atoms with Gasteiger partial charge in [0.1, 0.15) is 0 Å². The zero-order valence-electron chi connectivity index (χ0n) is 8.38. The van der Waals surface area contributed by atoms with E-state index >= 15 is 0 Å². The summed E-state index contributed by atoms with van der Waals surface area (Å²) in [5, 5.41) is 0. The number of imidazole rings is 1. The van der Waals surface area contributed by atoms with E-state index in [9.17, 15) is 0 Å². The van der Waals surface area contributed by atoms with Crippen LogP contribution >= 0.6 is 0 Å². The number of H-pyrrole nitrogens is 1. The van der Waals surface area contributed by atoms with Crippen molar-refractivity contribution in [3.8, 4) is 0 Å². The molecule has 0 radical (unpaired) electrons. The molecular weight excluding hydrogens is 162 g/mol. The molecule has 0 saturated heterocycles. The molecule has 3 heteroatoms. The molecule has 0 aliphatic heterocycles. The minimum Gasteiger partial charge on any atom is -0.343 e. The first-order valence-electron chi connectivity index (χ1n) is 5.08. The third-order valence-electron chi connectivity index (χ3n) is 2.95. The van der Waals surface area contributed by atoms with Crippen molar-refractivity contribution in [1.29, 1.82) is 0 Å². The molecule has 1 N–H and O–H groups in total. The number of rotatable bonds is 3.